The highest BCUT2D eigenvalue weighted by molar-refractivity contribution is 6.33. The zero-order valence-electron chi connectivity index (χ0n) is 10.6. The average Bonchev–Trinajstić information content (AvgIpc) is 2.85. The molecule has 0 N–H and O–H groups in total. The molecule has 3 heterocycles. The van der Waals surface area contributed by atoms with E-state index in [1.165, 1.54) is 6.33 Å². The maximum Gasteiger partial charge on any atom is 0.166 e. The fourth-order valence-electron chi connectivity index (χ4n) is 2.32. The van der Waals surface area contributed by atoms with Gasteiger partial charge in [-0.15, -0.1) is 0 Å². The number of hydrogen-bond acceptors (Lipinski definition) is 5. The number of rotatable bonds is 3. The Morgan fingerprint density at radius 1 is 1.42 bits per heavy atom. The van der Waals surface area contributed by atoms with E-state index in [2.05, 4.69) is 15.0 Å². The molecule has 2 aromatic heterocycles. The Morgan fingerprint density at radius 2 is 2.32 bits per heavy atom. The lowest BCUT2D eigenvalue weighted by Gasteiger charge is -2.30. The van der Waals surface area contributed by atoms with Crippen molar-refractivity contribution >= 4 is 22.8 Å². The second-order valence-electron chi connectivity index (χ2n) is 4.40. The molecule has 1 saturated heterocycles. The summed E-state index contributed by atoms with van der Waals surface area (Å²) in [5.74, 6) is 0. The summed E-state index contributed by atoms with van der Waals surface area (Å²) in [5, 5.41) is 0.362. The Bertz CT molecular complexity index is 572. The molecule has 19 heavy (non-hydrogen) atoms. The van der Waals surface area contributed by atoms with Crippen molar-refractivity contribution in [3.63, 3.8) is 0 Å². The fourth-order valence-corrected chi connectivity index (χ4v) is 2.49. The Kier molecular flexibility index (Phi) is 3.63. The molecule has 1 fully saturated rings. The van der Waals surface area contributed by atoms with Crippen LogP contribution in [0.15, 0.2) is 12.7 Å². The highest BCUT2D eigenvalue weighted by Gasteiger charge is 2.25. The zero-order chi connectivity index (χ0) is 13.2. The molecule has 6 nitrogen and oxygen atoms in total. The van der Waals surface area contributed by atoms with Crippen molar-refractivity contribution in [3.05, 3.63) is 17.8 Å². The quantitative estimate of drug-likeness (QED) is 0.810. The lowest BCUT2D eigenvalue weighted by atomic mass is 10.1. The van der Waals surface area contributed by atoms with Crippen LogP contribution in [0.2, 0.25) is 5.15 Å². The van der Waals surface area contributed by atoms with Gasteiger partial charge in [0.25, 0.3) is 0 Å². The van der Waals surface area contributed by atoms with E-state index in [1.807, 2.05) is 11.5 Å². The third kappa shape index (κ3) is 2.43. The molecule has 0 spiro atoms. The summed E-state index contributed by atoms with van der Waals surface area (Å²) in [6.45, 7) is 2.61. The van der Waals surface area contributed by atoms with Gasteiger partial charge >= 0.3 is 0 Å². The molecule has 7 heteroatoms. The molecule has 0 radical (unpaired) electrons. The highest BCUT2D eigenvalue weighted by Crippen LogP contribution is 2.30. The van der Waals surface area contributed by atoms with Crippen LogP contribution in [0.5, 0.6) is 0 Å². The van der Waals surface area contributed by atoms with Crippen molar-refractivity contribution in [1.82, 2.24) is 19.5 Å². The maximum absolute atomic E-state index is 6.00. The van der Waals surface area contributed by atoms with Gasteiger partial charge in [-0.1, -0.05) is 11.6 Å². The van der Waals surface area contributed by atoms with Crippen molar-refractivity contribution in [2.24, 2.45) is 0 Å². The van der Waals surface area contributed by atoms with Crippen LogP contribution in [0, 0.1) is 0 Å². The van der Waals surface area contributed by atoms with Gasteiger partial charge in [-0.2, -0.15) is 0 Å². The van der Waals surface area contributed by atoms with Gasteiger partial charge in [0.15, 0.2) is 17.1 Å². The summed E-state index contributed by atoms with van der Waals surface area (Å²) in [5.41, 5.74) is 1.30. The van der Waals surface area contributed by atoms with Gasteiger partial charge in [0.2, 0.25) is 0 Å². The van der Waals surface area contributed by atoms with Crippen LogP contribution >= 0.6 is 11.6 Å². The normalized spacial score (nSPS) is 23.9. The van der Waals surface area contributed by atoms with E-state index >= 15 is 0 Å². The molecule has 0 aromatic carbocycles. The van der Waals surface area contributed by atoms with Gasteiger partial charge in [-0.3, -0.25) is 4.57 Å². The Morgan fingerprint density at radius 3 is 3.16 bits per heavy atom. The van der Waals surface area contributed by atoms with Crippen LogP contribution in [0.4, 0.5) is 0 Å². The number of imidazole rings is 1. The lowest BCUT2D eigenvalue weighted by molar-refractivity contribution is -0.211. The zero-order valence-corrected chi connectivity index (χ0v) is 11.4. The van der Waals surface area contributed by atoms with E-state index in [0.717, 1.165) is 19.3 Å². The van der Waals surface area contributed by atoms with E-state index in [-0.39, 0.29) is 12.5 Å². The Balaban J connectivity index is 1.89. The predicted octanol–water partition coefficient (Wildman–Crippen LogP) is 2.54. The molecule has 0 unspecified atom stereocenters. The summed E-state index contributed by atoms with van der Waals surface area (Å²) in [6.07, 6.45) is 5.76. The number of hydrogen-bond donors (Lipinski definition) is 0. The van der Waals surface area contributed by atoms with Gasteiger partial charge in [0, 0.05) is 6.61 Å². The van der Waals surface area contributed by atoms with Crippen molar-refractivity contribution in [2.75, 3.05) is 6.61 Å². The number of fused-ring (bicyclic) bond motifs is 1. The number of ether oxygens (including phenoxy) is 2. The second-order valence-corrected chi connectivity index (χ2v) is 4.75. The Labute approximate surface area is 115 Å². The number of nitrogens with zero attached hydrogens (tertiary/aromatic N) is 4. The van der Waals surface area contributed by atoms with E-state index in [1.54, 1.807) is 6.33 Å². The molecule has 1 aliphatic heterocycles. The van der Waals surface area contributed by atoms with Gasteiger partial charge < -0.3 is 9.47 Å². The molecular formula is C12H15ClN4O2. The molecule has 2 aromatic rings. The van der Waals surface area contributed by atoms with Crippen LogP contribution in [0.25, 0.3) is 11.2 Å². The van der Waals surface area contributed by atoms with E-state index in [4.69, 9.17) is 21.1 Å². The lowest BCUT2D eigenvalue weighted by Crippen LogP contribution is -2.28. The highest BCUT2D eigenvalue weighted by atomic mass is 35.5. The molecule has 0 amide bonds. The first kappa shape index (κ1) is 12.8. The summed E-state index contributed by atoms with van der Waals surface area (Å²) in [7, 11) is 0. The standard InChI is InChI=1S/C12H15ClN4O2/c1-2-18-9-5-3-4-8(19-9)17-7-16-10-11(13)14-6-15-12(10)17/h6-9H,2-5H2,1H3/t8-,9-/m0/s1. The largest absolute Gasteiger partial charge is 0.353 e. The minimum atomic E-state index is -0.154. The maximum atomic E-state index is 6.00. The SMILES string of the molecule is CCO[C@@H]1CCC[C@@H](n2cnc3c(Cl)ncnc32)O1. The molecule has 102 valence electrons. The molecule has 0 aliphatic carbocycles. The summed E-state index contributed by atoms with van der Waals surface area (Å²) in [6, 6.07) is 0. The van der Waals surface area contributed by atoms with Crippen molar-refractivity contribution in [2.45, 2.75) is 38.7 Å². The summed E-state index contributed by atoms with van der Waals surface area (Å²) >= 11 is 6.00. The van der Waals surface area contributed by atoms with Crippen LogP contribution in [-0.2, 0) is 9.47 Å². The average molecular weight is 283 g/mol. The summed E-state index contributed by atoms with van der Waals surface area (Å²) in [4.78, 5) is 12.4. The third-order valence-corrected chi connectivity index (χ3v) is 3.45. The van der Waals surface area contributed by atoms with E-state index in [9.17, 15) is 0 Å². The fraction of sp³-hybridized carbons (Fsp3) is 0.583. The topological polar surface area (TPSA) is 62.1 Å². The molecule has 2 atom stereocenters. The molecule has 0 bridgehead atoms. The third-order valence-electron chi connectivity index (χ3n) is 3.18. The van der Waals surface area contributed by atoms with Crippen LogP contribution in [-0.4, -0.2) is 32.4 Å². The van der Waals surface area contributed by atoms with Gasteiger partial charge in [-0.25, -0.2) is 15.0 Å². The number of halogens is 1. The Hall–Kier alpha value is -1.24. The van der Waals surface area contributed by atoms with Crippen LogP contribution in [0.3, 0.4) is 0 Å². The van der Waals surface area contributed by atoms with Gasteiger partial charge in [0.1, 0.15) is 18.1 Å². The molecule has 0 saturated carbocycles. The first-order chi connectivity index (χ1) is 9.29. The van der Waals surface area contributed by atoms with E-state index < -0.39 is 0 Å². The predicted molar refractivity (Wildman–Crippen MR) is 69.7 cm³/mol. The van der Waals surface area contributed by atoms with E-state index in [0.29, 0.717) is 22.9 Å². The van der Waals surface area contributed by atoms with Crippen molar-refractivity contribution in [3.8, 4) is 0 Å². The smallest absolute Gasteiger partial charge is 0.166 e. The summed E-state index contributed by atoms with van der Waals surface area (Å²) < 4.78 is 13.3. The first-order valence-corrected chi connectivity index (χ1v) is 6.77. The van der Waals surface area contributed by atoms with Crippen molar-refractivity contribution in [1.29, 1.82) is 0 Å². The number of aromatic nitrogens is 4. The molecular weight excluding hydrogens is 268 g/mol. The van der Waals surface area contributed by atoms with Crippen LogP contribution in [0.1, 0.15) is 32.4 Å². The minimum absolute atomic E-state index is 0.110. The van der Waals surface area contributed by atoms with Crippen molar-refractivity contribution < 1.29 is 9.47 Å². The monoisotopic (exact) mass is 282 g/mol. The molecule has 1 aliphatic rings. The van der Waals surface area contributed by atoms with Crippen LogP contribution < -0.4 is 0 Å². The molecule has 3 rings (SSSR count). The first-order valence-electron chi connectivity index (χ1n) is 6.39. The minimum Gasteiger partial charge on any atom is -0.353 e. The second kappa shape index (κ2) is 5.40. The van der Waals surface area contributed by atoms with Gasteiger partial charge in [0.05, 0.1) is 6.33 Å². The van der Waals surface area contributed by atoms with Gasteiger partial charge in [-0.05, 0) is 26.2 Å².